The molecule has 22 heavy (non-hydrogen) atoms. The van der Waals surface area contributed by atoms with E-state index >= 15 is 0 Å². The van der Waals surface area contributed by atoms with Crippen molar-refractivity contribution in [3.63, 3.8) is 0 Å². The van der Waals surface area contributed by atoms with Crippen molar-refractivity contribution < 1.29 is 13.0 Å². The van der Waals surface area contributed by atoms with E-state index in [4.69, 9.17) is 13.0 Å². The molecular formula is C17H26O3Si2. The highest BCUT2D eigenvalue weighted by Crippen LogP contribution is 2.45. The molecule has 0 fully saturated rings. The normalized spacial score (nSPS) is 20.5. The van der Waals surface area contributed by atoms with E-state index in [2.05, 4.69) is 52.0 Å². The zero-order chi connectivity index (χ0) is 15.8. The van der Waals surface area contributed by atoms with E-state index in [0.29, 0.717) is 0 Å². The van der Waals surface area contributed by atoms with Crippen molar-refractivity contribution in [3.05, 3.63) is 29.3 Å². The number of fused-ring (bicyclic) bond motifs is 3. The largest absolute Gasteiger partial charge is 0.518 e. The minimum Gasteiger partial charge on any atom is -0.518 e. The Balaban J connectivity index is 2.14. The molecule has 0 spiro atoms. The molecule has 120 valence electrons. The first-order valence-corrected chi connectivity index (χ1v) is 13.0. The minimum atomic E-state index is -2.24. The molecule has 0 saturated heterocycles. The van der Waals surface area contributed by atoms with Crippen molar-refractivity contribution in [1.82, 2.24) is 0 Å². The third-order valence-corrected chi connectivity index (χ3v) is 13.4. The lowest BCUT2D eigenvalue weighted by Crippen LogP contribution is -2.55. The molecule has 0 atom stereocenters. The lowest BCUT2D eigenvalue weighted by Gasteiger charge is -2.35. The van der Waals surface area contributed by atoms with E-state index in [0.717, 1.165) is 42.1 Å². The summed E-state index contributed by atoms with van der Waals surface area (Å²) in [6.07, 6.45) is 5.31. The van der Waals surface area contributed by atoms with Gasteiger partial charge in [0.25, 0.3) is 0 Å². The first kappa shape index (κ1) is 15.8. The van der Waals surface area contributed by atoms with Crippen molar-refractivity contribution in [3.8, 4) is 11.5 Å². The monoisotopic (exact) mass is 334 g/mol. The summed E-state index contributed by atoms with van der Waals surface area (Å²) in [5.74, 6) is 1.88. The van der Waals surface area contributed by atoms with Crippen molar-refractivity contribution in [2.45, 2.75) is 58.3 Å². The summed E-state index contributed by atoms with van der Waals surface area (Å²) in [4.78, 5) is 0. The number of allylic oxidation sites excluding steroid dienone is 1. The van der Waals surface area contributed by atoms with Crippen LogP contribution in [-0.4, -0.2) is 17.1 Å². The Morgan fingerprint density at radius 1 is 0.909 bits per heavy atom. The second kappa shape index (κ2) is 5.87. The van der Waals surface area contributed by atoms with E-state index in [9.17, 15) is 0 Å². The zero-order valence-electron chi connectivity index (χ0n) is 14.1. The van der Waals surface area contributed by atoms with Gasteiger partial charge in [0.1, 0.15) is 5.75 Å². The maximum Gasteiger partial charge on any atom is 0.390 e. The van der Waals surface area contributed by atoms with Gasteiger partial charge in [-0.1, -0.05) is 45.9 Å². The minimum absolute atomic E-state index is 0.911. The molecule has 0 unspecified atom stereocenters. The topological polar surface area (TPSA) is 27.7 Å². The molecule has 0 bridgehead atoms. The summed E-state index contributed by atoms with van der Waals surface area (Å²) in [6.45, 7) is 8.79. The smallest absolute Gasteiger partial charge is 0.390 e. The van der Waals surface area contributed by atoms with E-state index in [-0.39, 0.29) is 0 Å². The lowest BCUT2D eigenvalue weighted by atomic mass is 10.1. The van der Waals surface area contributed by atoms with Gasteiger partial charge in [0, 0.05) is 5.56 Å². The van der Waals surface area contributed by atoms with Crippen LogP contribution < -0.4 is 8.85 Å². The summed E-state index contributed by atoms with van der Waals surface area (Å²) >= 11 is 0. The Kier molecular flexibility index (Phi) is 4.22. The number of benzene rings is 1. The van der Waals surface area contributed by atoms with Crippen molar-refractivity contribution in [1.29, 1.82) is 0 Å². The molecule has 0 saturated carbocycles. The molecule has 0 aromatic heterocycles. The molecule has 3 nitrogen and oxygen atoms in total. The van der Waals surface area contributed by atoms with Crippen LogP contribution in [0.2, 0.25) is 24.2 Å². The number of rotatable bonds is 4. The molecule has 0 amide bonds. The van der Waals surface area contributed by atoms with Gasteiger partial charge in [-0.05, 0) is 42.2 Å². The second-order valence-corrected chi connectivity index (χ2v) is 13.8. The third kappa shape index (κ3) is 2.45. The summed E-state index contributed by atoms with van der Waals surface area (Å²) in [7, 11) is -4.47. The first-order valence-electron chi connectivity index (χ1n) is 8.51. The van der Waals surface area contributed by atoms with Crippen LogP contribution in [0.15, 0.2) is 18.2 Å². The molecular weight excluding hydrogens is 308 g/mol. The molecule has 3 rings (SSSR count). The standard InChI is InChI=1S/C17H26O3Si2/c1-5-21(6-2)18-16-13-12-14-10-9-11-15(14)17(16)19-22(7-3,8-4)20-21/h9-10,12-13H,5-8,11H2,1-4H3. The average molecular weight is 335 g/mol. The van der Waals surface area contributed by atoms with Crippen LogP contribution in [0.3, 0.4) is 0 Å². The predicted octanol–water partition coefficient (Wildman–Crippen LogP) is 5.01. The quantitative estimate of drug-likeness (QED) is 0.725. The highest BCUT2D eigenvalue weighted by Gasteiger charge is 2.51. The summed E-state index contributed by atoms with van der Waals surface area (Å²) in [5.41, 5.74) is 2.54. The van der Waals surface area contributed by atoms with Crippen LogP contribution in [0.4, 0.5) is 0 Å². The van der Waals surface area contributed by atoms with E-state index < -0.39 is 17.1 Å². The fraction of sp³-hybridized carbons (Fsp3) is 0.529. The highest BCUT2D eigenvalue weighted by molar-refractivity contribution is 6.82. The zero-order valence-corrected chi connectivity index (χ0v) is 16.1. The summed E-state index contributed by atoms with van der Waals surface area (Å²) < 4.78 is 19.9. The van der Waals surface area contributed by atoms with Gasteiger partial charge in [-0.25, -0.2) is 0 Å². The van der Waals surface area contributed by atoms with E-state index in [1.165, 1.54) is 11.1 Å². The maximum atomic E-state index is 6.74. The average Bonchev–Trinajstić information content (AvgIpc) is 2.98. The molecule has 1 heterocycles. The molecule has 2 aliphatic rings. The van der Waals surface area contributed by atoms with Gasteiger partial charge in [-0.15, -0.1) is 0 Å². The fourth-order valence-corrected chi connectivity index (χ4v) is 11.4. The lowest BCUT2D eigenvalue weighted by molar-refractivity contribution is 0.341. The van der Waals surface area contributed by atoms with Crippen molar-refractivity contribution >= 4 is 23.2 Å². The first-order chi connectivity index (χ1) is 10.6. The molecule has 1 aliphatic carbocycles. The van der Waals surface area contributed by atoms with E-state index in [1.807, 2.05) is 0 Å². The predicted molar refractivity (Wildman–Crippen MR) is 95.0 cm³/mol. The Morgan fingerprint density at radius 3 is 2.18 bits per heavy atom. The van der Waals surface area contributed by atoms with Crippen molar-refractivity contribution in [2.75, 3.05) is 0 Å². The third-order valence-electron chi connectivity index (χ3n) is 4.99. The maximum absolute atomic E-state index is 6.74. The summed E-state index contributed by atoms with van der Waals surface area (Å²) in [5, 5.41) is 0. The van der Waals surface area contributed by atoms with Gasteiger partial charge in [0.15, 0.2) is 5.75 Å². The number of hydrogen-bond acceptors (Lipinski definition) is 3. The van der Waals surface area contributed by atoms with Crippen molar-refractivity contribution in [2.24, 2.45) is 0 Å². The molecule has 0 N–H and O–H groups in total. The Bertz CT molecular complexity index is 590. The Hall–Kier alpha value is -1.05. The van der Waals surface area contributed by atoms with Gasteiger partial charge in [0.05, 0.1) is 0 Å². The van der Waals surface area contributed by atoms with Crippen LogP contribution in [-0.2, 0) is 10.5 Å². The van der Waals surface area contributed by atoms with Gasteiger partial charge in [-0.3, -0.25) is 0 Å². The highest BCUT2D eigenvalue weighted by atomic mass is 28.5. The van der Waals surface area contributed by atoms with Crippen LogP contribution in [0.5, 0.6) is 11.5 Å². The molecule has 1 aromatic rings. The Labute approximate surface area is 135 Å². The van der Waals surface area contributed by atoms with Gasteiger partial charge >= 0.3 is 17.1 Å². The SMILES string of the molecule is CC[Si]1(CC)Oc2ccc3c(c2O[Si](CC)(CC)O1)CC=C3. The van der Waals surface area contributed by atoms with Gasteiger partial charge in [-0.2, -0.15) is 0 Å². The molecule has 1 aliphatic heterocycles. The van der Waals surface area contributed by atoms with Gasteiger partial charge < -0.3 is 13.0 Å². The fourth-order valence-electron chi connectivity index (χ4n) is 3.33. The number of hydrogen-bond donors (Lipinski definition) is 0. The summed E-state index contributed by atoms with van der Waals surface area (Å²) in [6, 6.07) is 8.11. The van der Waals surface area contributed by atoms with Crippen LogP contribution in [0.25, 0.3) is 6.08 Å². The second-order valence-electron chi connectivity index (χ2n) is 6.11. The molecule has 5 heteroatoms. The van der Waals surface area contributed by atoms with Gasteiger partial charge in [0.2, 0.25) is 0 Å². The molecule has 0 radical (unpaired) electrons. The Morgan fingerprint density at radius 2 is 1.55 bits per heavy atom. The van der Waals surface area contributed by atoms with Crippen LogP contribution in [0, 0.1) is 0 Å². The van der Waals surface area contributed by atoms with Crippen LogP contribution in [0.1, 0.15) is 38.8 Å². The van der Waals surface area contributed by atoms with Crippen LogP contribution >= 0.6 is 0 Å². The molecule has 1 aromatic carbocycles. The van der Waals surface area contributed by atoms with E-state index in [1.54, 1.807) is 0 Å².